The van der Waals surface area contributed by atoms with Crippen molar-refractivity contribution in [1.82, 2.24) is 4.98 Å². The smallest absolute Gasteiger partial charge is 0.255 e. The van der Waals surface area contributed by atoms with Gasteiger partial charge < -0.3 is 15.4 Å². The van der Waals surface area contributed by atoms with Crippen molar-refractivity contribution in [3.8, 4) is 11.5 Å². The minimum Gasteiger partial charge on any atom is -0.457 e. The minimum atomic E-state index is -0.188. The van der Waals surface area contributed by atoms with Gasteiger partial charge >= 0.3 is 0 Å². The summed E-state index contributed by atoms with van der Waals surface area (Å²) in [5.41, 5.74) is 3.83. The van der Waals surface area contributed by atoms with Crippen LogP contribution >= 0.6 is 0 Å². The highest BCUT2D eigenvalue weighted by molar-refractivity contribution is 6.04. The molecule has 0 fully saturated rings. The molecule has 0 bridgehead atoms. The van der Waals surface area contributed by atoms with Crippen molar-refractivity contribution < 1.29 is 9.53 Å². The van der Waals surface area contributed by atoms with E-state index in [1.807, 2.05) is 38.1 Å². The van der Waals surface area contributed by atoms with Crippen molar-refractivity contribution >= 4 is 24.0 Å². The van der Waals surface area contributed by atoms with E-state index in [2.05, 4.69) is 27.3 Å². The van der Waals surface area contributed by atoms with Gasteiger partial charge in [0.2, 0.25) is 0 Å². The number of rotatable bonds is 8. The molecule has 156 valence electrons. The Balaban J connectivity index is 1.59. The standard InChI is InChI=1S/C25H24N4O2/c1-4-20(17-18(2)26-3)28-21-7-5-19(6-8-21)25(30)29-22-9-11-23(12-10-22)31-24-13-15-27-16-14-24/h4-17,28H,3H2,1-2H3,(H,29,30)/b18-17-,20-4+. The van der Waals surface area contributed by atoms with Crippen molar-refractivity contribution in [3.63, 3.8) is 0 Å². The number of allylic oxidation sites excluding steroid dienone is 3. The second-order valence-corrected chi connectivity index (χ2v) is 6.65. The Kier molecular flexibility index (Phi) is 7.32. The molecule has 0 atom stereocenters. The van der Waals surface area contributed by atoms with E-state index in [0.29, 0.717) is 22.7 Å². The van der Waals surface area contributed by atoms with E-state index in [0.717, 1.165) is 17.1 Å². The molecule has 0 saturated heterocycles. The molecule has 3 aromatic rings. The number of aliphatic imine (C=N–C) groups is 1. The number of ether oxygens (including phenoxy) is 1. The topological polar surface area (TPSA) is 75.6 Å². The van der Waals surface area contributed by atoms with Gasteiger partial charge in [-0.25, -0.2) is 0 Å². The normalized spacial score (nSPS) is 11.5. The van der Waals surface area contributed by atoms with Gasteiger partial charge in [-0.2, -0.15) is 0 Å². The molecule has 3 rings (SSSR count). The van der Waals surface area contributed by atoms with E-state index in [1.165, 1.54) is 0 Å². The number of pyridine rings is 1. The molecule has 2 N–H and O–H groups in total. The maximum Gasteiger partial charge on any atom is 0.255 e. The third kappa shape index (κ3) is 6.40. The number of hydrogen-bond donors (Lipinski definition) is 2. The summed E-state index contributed by atoms with van der Waals surface area (Å²) in [6, 6.07) is 18.0. The van der Waals surface area contributed by atoms with Gasteiger partial charge in [-0.05, 0) is 87.3 Å². The molecule has 1 amide bonds. The molecular weight excluding hydrogens is 388 g/mol. The molecule has 0 radical (unpaired) electrons. The molecule has 1 heterocycles. The highest BCUT2D eigenvalue weighted by Crippen LogP contribution is 2.23. The Labute approximate surface area is 182 Å². The fourth-order valence-corrected chi connectivity index (χ4v) is 2.69. The Morgan fingerprint density at radius 1 is 0.935 bits per heavy atom. The monoisotopic (exact) mass is 412 g/mol. The molecule has 0 unspecified atom stereocenters. The van der Waals surface area contributed by atoms with Gasteiger partial charge in [-0.15, -0.1) is 0 Å². The maximum absolute atomic E-state index is 12.6. The number of carbonyl (C=O) groups is 1. The Morgan fingerprint density at radius 3 is 2.13 bits per heavy atom. The van der Waals surface area contributed by atoms with Crippen LogP contribution in [0.4, 0.5) is 11.4 Å². The van der Waals surface area contributed by atoms with Crippen LogP contribution in [0.1, 0.15) is 24.2 Å². The van der Waals surface area contributed by atoms with Crippen molar-refractivity contribution in [2.45, 2.75) is 13.8 Å². The second kappa shape index (κ2) is 10.5. The quantitative estimate of drug-likeness (QED) is 0.349. The Hall–Kier alpha value is -4.19. The average Bonchev–Trinajstić information content (AvgIpc) is 2.81. The summed E-state index contributed by atoms with van der Waals surface area (Å²) in [4.78, 5) is 20.4. The SMILES string of the molecule is C=N/C(C)=C\C(=C/C)Nc1ccc(C(=O)Nc2ccc(Oc3ccncc3)cc2)cc1. The van der Waals surface area contributed by atoms with Gasteiger partial charge in [-0.1, -0.05) is 6.08 Å². The van der Waals surface area contributed by atoms with Crippen LogP contribution in [0.15, 0.2) is 102 Å². The average molecular weight is 412 g/mol. The van der Waals surface area contributed by atoms with Gasteiger partial charge in [-0.3, -0.25) is 14.8 Å². The number of anilines is 2. The minimum absolute atomic E-state index is 0.188. The summed E-state index contributed by atoms with van der Waals surface area (Å²) < 4.78 is 5.73. The molecule has 0 aliphatic rings. The van der Waals surface area contributed by atoms with Crippen LogP contribution in [-0.4, -0.2) is 17.6 Å². The maximum atomic E-state index is 12.6. The lowest BCUT2D eigenvalue weighted by atomic mass is 10.1. The van der Waals surface area contributed by atoms with E-state index < -0.39 is 0 Å². The summed E-state index contributed by atoms with van der Waals surface area (Å²) in [5.74, 6) is 1.19. The molecule has 0 spiro atoms. The molecule has 6 heteroatoms. The number of aromatic nitrogens is 1. The first-order valence-electron chi connectivity index (χ1n) is 9.75. The zero-order valence-corrected chi connectivity index (χ0v) is 17.5. The fourth-order valence-electron chi connectivity index (χ4n) is 2.69. The summed E-state index contributed by atoms with van der Waals surface area (Å²) >= 11 is 0. The molecule has 2 aromatic carbocycles. The first-order chi connectivity index (χ1) is 15.1. The Morgan fingerprint density at radius 2 is 1.52 bits per heavy atom. The molecule has 0 aliphatic carbocycles. The summed E-state index contributed by atoms with van der Waals surface area (Å²) in [7, 11) is 0. The van der Waals surface area contributed by atoms with E-state index in [1.54, 1.807) is 60.9 Å². The van der Waals surface area contributed by atoms with Crippen LogP contribution in [-0.2, 0) is 0 Å². The van der Waals surface area contributed by atoms with E-state index >= 15 is 0 Å². The highest BCUT2D eigenvalue weighted by Gasteiger charge is 2.07. The van der Waals surface area contributed by atoms with Crippen molar-refractivity contribution in [1.29, 1.82) is 0 Å². The van der Waals surface area contributed by atoms with Crippen LogP contribution in [0.25, 0.3) is 0 Å². The fraction of sp³-hybridized carbons (Fsp3) is 0.0800. The number of nitrogens with zero attached hydrogens (tertiary/aromatic N) is 2. The zero-order valence-electron chi connectivity index (χ0n) is 17.5. The number of amides is 1. The van der Waals surface area contributed by atoms with Gasteiger partial charge in [0.05, 0.1) is 0 Å². The summed E-state index contributed by atoms with van der Waals surface area (Å²) in [6.07, 6.45) is 7.17. The predicted octanol–water partition coefficient (Wildman–Crippen LogP) is 6.05. The first kappa shape index (κ1) is 21.5. The number of carbonyl (C=O) groups excluding carboxylic acids is 1. The van der Waals surface area contributed by atoms with E-state index in [9.17, 15) is 4.79 Å². The van der Waals surface area contributed by atoms with E-state index in [4.69, 9.17) is 4.74 Å². The number of nitrogens with one attached hydrogen (secondary N) is 2. The molecule has 1 aromatic heterocycles. The van der Waals surface area contributed by atoms with Crippen molar-refractivity contribution in [2.24, 2.45) is 4.99 Å². The van der Waals surface area contributed by atoms with Crippen LogP contribution in [0.5, 0.6) is 11.5 Å². The summed E-state index contributed by atoms with van der Waals surface area (Å²) in [5, 5.41) is 6.17. The highest BCUT2D eigenvalue weighted by atomic mass is 16.5. The molecule has 0 aliphatic heterocycles. The van der Waals surface area contributed by atoms with Crippen LogP contribution in [0.2, 0.25) is 0 Å². The van der Waals surface area contributed by atoms with Gasteiger partial charge in [0, 0.05) is 40.7 Å². The molecule has 0 saturated carbocycles. The van der Waals surface area contributed by atoms with E-state index in [-0.39, 0.29) is 5.91 Å². The molecule has 6 nitrogen and oxygen atoms in total. The van der Waals surface area contributed by atoms with Gasteiger partial charge in [0.25, 0.3) is 5.91 Å². The Bertz CT molecular complexity index is 1090. The second-order valence-electron chi connectivity index (χ2n) is 6.65. The lowest BCUT2D eigenvalue weighted by molar-refractivity contribution is 0.102. The lowest BCUT2D eigenvalue weighted by Gasteiger charge is -2.10. The number of hydrogen-bond acceptors (Lipinski definition) is 5. The summed E-state index contributed by atoms with van der Waals surface area (Å²) in [6.45, 7) is 7.33. The van der Waals surface area contributed by atoms with Crippen LogP contribution in [0.3, 0.4) is 0 Å². The largest absolute Gasteiger partial charge is 0.457 e. The number of benzene rings is 2. The lowest BCUT2D eigenvalue weighted by Crippen LogP contribution is -2.11. The molecular formula is C25H24N4O2. The third-order valence-electron chi connectivity index (χ3n) is 4.36. The third-order valence-corrected chi connectivity index (χ3v) is 4.36. The predicted molar refractivity (Wildman–Crippen MR) is 126 cm³/mol. The van der Waals surface area contributed by atoms with Gasteiger partial charge in [0.1, 0.15) is 11.5 Å². The van der Waals surface area contributed by atoms with Crippen LogP contribution in [0, 0.1) is 0 Å². The van der Waals surface area contributed by atoms with Crippen molar-refractivity contribution in [2.75, 3.05) is 10.6 Å². The first-order valence-corrected chi connectivity index (χ1v) is 9.75. The molecule has 31 heavy (non-hydrogen) atoms. The zero-order chi connectivity index (χ0) is 22.1. The van der Waals surface area contributed by atoms with Crippen LogP contribution < -0.4 is 15.4 Å². The van der Waals surface area contributed by atoms with Crippen molar-refractivity contribution in [3.05, 3.63) is 102 Å². The van der Waals surface area contributed by atoms with Gasteiger partial charge in [0.15, 0.2) is 0 Å².